The maximum absolute atomic E-state index is 11.6. The lowest BCUT2D eigenvalue weighted by atomic mass is 9.90. The predicted octanol–water partition coefficient (Wildman–Crippen LogP) is 0.535. The molecule has 1 atom stereocenters. The number of carboxylic acid groups (broad SMARTS) is 2. The third-order valence-electron chi connectivity index (χ3n) is 3.53. The van der Waals surface area contributed by atoms with Crippen LogP contribution in [0.4, 0.5) is 9.59 Å². The highest BCUT2D eigenvalue weighted by atomic mass is 16.4. The Morgan fingerprint density at radius 1 is 1.29 bits per heavy atom. The molecule has 2 N–H and O–H groups in total. The molecule has 2 rings (SSSR count). The molecular formula is C13H15N3O5. The zero-order chi connectivity index (χ0) is 15.5. The second-order valence-electron chi connectivity index (χ2n) is 4.86. The van der Waals surface area contributed by atoms with Crippen molar-refractivity contribution in [3.8, 4) is 0 Å². The number of rotatable bonds is 3. The van der Waals surface area contributed by atoms with Gasteiger partial charge in [0, 0.05) is 31.4 Å². The van der Waals surface area contributed by atoms with Crippen LogP contribution < -0.4 is 0 Å². The minimum absolute atomic E-state index is 0.0351. The molecule has 1 aromatic rings. The van der Waals surface area contributed by atoms with Crippen molar-refractivity contribution in [1.29, 1.82) is 0 Å². The summed E-state index contributed by atoms with van der Waals surface area (Å²) in [7, 11) is 0. The van der Waals surface area contributed by atoms with Gasteiger partial charge in [0.2, 0.25) is 0 Å². The summed E-state index contributed by atoms with van der Waals surface area (Å²) in [5.74, 6) is 0. The van der Waals surface area contributed by atoms with Crippen molar-refractivity contribution in [2.45, 2.75) is 12.0 Å². The van der Waals surface area contributed by atoms with Crippen LogP contribution in [0.3, 0.4) is 0 Å². The number of pyridine rings is 1. The molecule has 1 aliphatic heterocycles. The first-order valence-corrected chi connectivity index (χ1v) is 6.33. The number of aldehydes is 1. The topological polar surface area (TPSA) is 111 Å². The molecule has 2 amide bonds. The fourth-order valence-corrected chi connectivity index (χ4v) is 2.50. The summed E-state index contributed by atoms with van der Waals surface area (Å²) >= 11 is 0. The fourth-order valence-electron chi connectivity index (χ4n) is 2.50. The summed E-state index contributed by atoms with van der Waals surface area (Å²) in [4.78, 5) is 40.2. The van der Waals surface area contributed by atoms with E-state index in [1.807, 2.05) is 0 Å². The maximum atomic E-state index is 11.6. The van der Waals surface area contributed by atoms with Gasteiger partial charge < -0.3 is 19.9 Å². The Bertz CT molecular complexity index is 550. The van der Waals surface area contributed by atoms with E-state index in [0.717, 1.165) is 9.80 Å². The second-order valence-corrected chi connectivity index (χ2v) is 4.86. The van der Waals surface area contributed by atoms with Gasteiger partial charge in [-0.2, -0.15) is 0 Å². The van der Waals surface area contributed by atoms with Crippen LogP contribution in [0.25, 0.3) is 0 Å². The van der Waals surface area contributed by atoms with Crippen LogP contribution in [-0.2, 0) is 11.2 Å². The van der Waals surface area contributed by atoms with Gasteiger partial charge in [-0.1, -0.05) is 6.07 Å². The van der Waals surface area contributed by atoms with E-state index in [9.17, 15) is 19.5 Å². The number of aromatic nitrogens is 1. The molecule has 0 saturated carbocycles. The Kier molecular flexibility index (Phi) is 4.06. The van der Waals surface area contributed by atoms with Crippen molar-refractivity contribution >= 4 is 18.5 Å². The summed E-state index contributed by atoms with van der Waals surface area (Å²) in [6, 6.07) is 5.10. The first-order valence-electron chi connectivity index (χ1n) is 6.33. The van der Waals surface area contributed by atoms with Gasteiger partial charge in [0.15, 0.2) is 0 Å². The van der Waals surface area contributed by atoms with Crippen LogP contribution in [0.2, 0.25) is 0 Å². The third kappa shape index (κ3) is 2.93. The molecule has 1 unspecified atom stereocenters. The highest BCUT2D eigenvalue weighted by molar-refractivity contribution is 5.78. The molecule has 8 nitrogen and oxygen atoms in total. The van der Waals surface area contributed by atoms with Gasteiger partial charge >= 0.3 is 12.2 Å². The number of carbonyl (C=O) groups is 3. The van der Waals surface area contributed by atoms with Crippen LogP contribution in [0.5, 0.6) is 0 Å². The van der Waals surface area contributed by atoms with Crippen molar-refractivity contribution in [3.05, 3.63) is 30.1 Å². The van der Waals surface area contributed by atoms with E-state index in [1.54, 1.807) is 18.2 Å². The molecule has 2 heterocycles. The van der Waals surface area contributed by atoms with Gasteiger partial charge in [-0.05, 0) is 12.1 Å². The Morgan fingerprint density at radius 2 is 2.05 bits per heavy atom. The summed E-state index contributed by atoms with van der Waals surface area (Å²) in [6.45, 7) is -0.207. The van der Waals surface area contributed by atoms with Crippen molar-refractivity contribution in [3.63, 3.8) is 0 Å². The zero-order valence-corrected chi connectivity index (χ0v) is 11.2. The zero-order valence-electron chi connectivity index (χ0n) is 11.2. The number of hydrogen-bond donors (Lipinski definition) is 2. The Labute approximate surface area is 120 Å². The van der Waals surface area contributed by atoms with Crippen LogP contribution in [0.1, 0.15) is 5.69 Å². The van der Waals surface area contributed by atoms with Crippen LogP contribution >= 0.6 is 0 Å². The van der Waals surface area contributed by atoms with Crippen LogP contribution in [-0.4, -0.2) is 68.6 Å². The highest BCUT2D eigenvalue weighted by Gasteiger charge is 2.46. The largest absolute Gasteiger partial charge is 0.465 e. The van der Waals surface area contributed by atoms with E-state index in [-0.39, 0.29) is 26.1 Å². The first-order chi connectivity index (χ1) is 9.98. The van der Waals surface area contributed by atoms with Crippen LogP contribution in [0.15, 0.2) is 24.4 Å². The Morgan fingerprint density at radius 3 is 2.57 bits per heavy atom. The first kappa shape index (κ1) is 14.8. The molecule has 0 bridgehead atoms. The standard InChI is InChI=1S/C13H15N3O5/c17-9-13(7-10-3-1-2-4-14-10)8-15(11(18)19)5-6-16(13)12(20)21/h1-4,9H,5-8H2,(H,18,19)(H,20,21). The van der Waals surface area contributed by atoms with E-state index in [4.69, 9.17) is 5.11 Å². The highest BCUT2D eigenvalue weighted by Crippen LogP contribution is 2.24. The summed E-state index contributed by atoms with van der Waals surface area (Å²) in [5, 5.41) is 18.4. The van der Waals surface area contributed by atoms with Gasteiger partial charge in [0.05, 0.1) is 6.54 Å². The molecule has 112 valence electrons. The van der Waals surface area contributed by atoms with E-state index >= 15 is 0 Å². The van der Waals surface area contributed by atoms with Crippen molar-refractivity contribution in [2.75, 3.05) is 19.6 Å². The molecule has 21 heavy (non-hydrogen) atoms. The van der Waals surface area contributed by atoms with E-state index in [1.165, 1.54) is 6.20 Å². The van der Waals surface area contributed by atoms with Gasteiger partial charge in [0.25, 0.3) is 0 Å². The minimum atomic E-state index is -1.45. The fraction of sp³-hybridized carbons (Fsp3) is 0.385. The van der Waals surface area contributed by atoms with Crippen LogP contribution in [0, 0.1) is 0 Å². The molecule has 0 aliphatic carbocycles. The summed E-state index contributed by atoms with van der Waals surface area (Å²) in [6.07, 6.45) is -0.343. The van der Waals surface area contributed by atoms with Gasteiger partial charge in [-0.15, -0.1) is 0 Å². The van der Waals surface area contributed by atoms with Gasteiger partial charge in [-0.3, -0.25) is 9.88 Å². The van der Waals surface area contributed by atoms with E-state index in [0.29, 0.717) is 12.0 Å². The second kappa shape index (κ2) is 5.78. The number of hydrogen-bond acceptors (Lipinski definition) is 4. The number of nitrogens with zero attached hydrogens (tertiary/aromatic N) is 3. The molecule has 1 fully saturated rings. The lowest BCUT2D eigenvalue weighted by Gasteiger charge is -2.45. The lowest BCUT2D eigenvalue weighted by molar-refractivity contribution is -0.121. The SMILES string of the molecule is O=CC1(Cc2ccccn2)CN(C(=O)O)CCN1C(=O)O. The van der Waals surface area contributed by atoms with Gasteiger partial charge in [0.1, 0.15) is 11.8 Å². The van der Waals surface area contributed by atoms with Crippen molar-refractivity contribution < 1.29 is 24.6 Å². The average molecular weight is 293 g/mol. The molecule has 1 aromatic heterocycles. The predicted molar refractivity (Wildman–Crippen MR) is 71.1 cm³/mol. The molecule has 0 radical (unpaired) electrons. The number of amides is 2. The molecule has 8 heteroatoms. The Hall–Kier alpha value is -2.64. The molecule has 0 spiro atoms. The molecular weight excluding hydrogens is 278 g/mol. The summed E-state index contributed by atoms with van der Waals surface area (Å²) in [5.41, 5.74) is -0.917. The molecule has 1 saturated heterocycles. The summed E-state index contributed by atoms with van der Waals surface area (Å²) < 4.78 is 0. The molecule has 1 aliphatic rings. The number of carbonyl (C=O) groups excluding carboxylic acids is 1. The smallest absolute Gasteiger partial charge is 0.408 e. The molecule has 0 aromatic carbocycles. The van der Waals surface area contributed by atoms with E-state index in [2.05, 4.69) is 4.98 Å². The maximum Gasteiger partial charge on any atom is 0.408 e. The van der Waals surface area contributed by atoms with Gasteiger partial charge in [-0.25, -0.2) is 9.59 Å². The minimum Gasteiger partial charge on any atom is -0.465 e. The monoisotopic (exact) mass is 293 g/mol. The number of piperazine rings is 1. The van der Waals surface area contributed by atoms with E-state index < -0.39 is 17.7 Å². The quantitative estimate of drug-likeness (QED) is 0.787. The normalized spacial score (nSPS) is 21.9. The average Bonchev–Trinajstić information content (AvgIpc) is 2.47. The third-order valence-corrected chi connectivity index (χ3v) is 3.53. The lowest BCUT2D eigenvalue weighted by Crippen LogP contribution is -2.66. The Balaban J connectivity index is 2.35. The van der Waals surface area contributed by atoms with Crippen molar-refractivity contribution in [1.82, 2.24) is 14.8 Å². The van der Waals surface area contributed by atoms with Crippen molar-refractivity contribution in [2.24, 2.45) is 0 Å².